The molecule has 1 fully saturated rings. The van der Waals surface area contributed by atoms with E-state index < -0.39 is 0 Å². The molecular weight excluding hydrogens is 202 g/mol. The molecule has 5 heteroatoms. The fourth-order valence-electron chi connectivity index (χ4n) is 2.14. The number of aryl methyl sites for hydroxylation is 1. The first kappa shape index (κ1) is 11.5. The molecule has 2 N–H and O–H groups in total. The van der Waals surface area contributed by atoms with Gasteiger partial charge in [-0.25, -0.2) is 0 Å². The van der Waals surface area contributed by atoms with E-state index in [1.165, 1.54) is 12.8 Å². The van der Waals surface area contributed by atoms with Crippen LogP contribution in [-0.2, 0) is 13.6 Å². The first-order valence-corrected chi connectivity index (χ1v) is 5.88. The molecule has 0 saturated heterocycles. The van der Waals surface area contributed by atoms with Gasteiger partial charge in [0.15, 0.2) is 0 Å². The van der Waals surface area contributed by atoms with Gasteiger partial charge in [-0.2, -0.15) is 0 Å². The van der Waals surface area contributed by atoms with Crippen LogP contribution in [0.3, 0.4) is 0 Å². The Balaban J connectivity index is 2.00. The lowest BCUT2D eigenvalue weighted by Gasteiger charge is -2.26. The van der Waals surface area contributed by atoms with Gasteiger partial charge in [-0.15, -0.1) is 10.2 Å². The van der Waals surface area contributed by atoms with Crippen molar-refractivity contribution in [2.45, 2.75) is 32.4 Å². The highest BCUT2D eigenvalue weighted by Crippen LogP contribution is 2.34. The average molecular weight is 223 g/mol. The van der Waals surface area contributed by atoms with Crippen LogP contribution in [0.4, 0.5) is 0 Å². The van der Waals surface area contributed by atoms with Crippen molar-refractivity contribution in [3.63, 3.8) is 0 Å². The zero-order chi connectivity index (χ0) is 11.7. The SMILES string of the molecule is Cc1nnc(CN(C)C(CN)C2CC2)n1C. The molecule has 1 aromatic rings. The second kappa shape index (κ2) is 4.51. The molecule has 0 amide bonds. The average Bonchev–Trinajstić information content (AvgIpc) is 3.03. The molecule has 1 aliphatic carbocycles. The predicted molar refractivity (Wildman–Crippen MR) is 62.8 cm³/mol. The summed E-state index contributed by atoms with van der Waals surface area (Å²) in [5, 5.41) is 8.25. The summed E-state index contributed by atoms with van der Waals surface area (Å²) in [6.45, 7) is 3.53. The zero-order valence-corrected chi connectivity index (χ0v) is 10.3. The molecule has 1 heterocycles. The molecule has 0 spiro atoms. The van der Waals surface area contributed by atoms with Gasteiger partial charge in [-0.05, 0) is 32.7 Å². The first-order valence-electron chi connectivity index (χ1n) is 5.88. The summed E-state index contributed by atoms with van der Waals surface area (Å²) >= 11 is 0. The summed E-state index contributed by atoms with van der Waals surface area (Å²) in [6, 6.07) is 0.497. The van der Waals surface area contributed by atoms with Crippen LogP contribution in [0.1, 0.15) is 24.5 Å². The molecule has 1 aliphatic rings. The summed E-state index contributed by atoms with van der Waals surface area (Å²) < 4.78 is 2.04. The Morgan fingerprint density at radius 2 is 2.19 bits per heavy atom. The van der Waals surface area contributed by atoms with Crippen LogP contribution < -0.4 is 5.73 Å². The van der Waals surface area contributed by atoms with Crippen LogP contribution in [0.2, 0.25) is 0 Å². The highest BCUT2D eigenvalue weighted by Gasteiger charge is 2.33. The smallest absolute Gasteiger partial charge is 0.146 e. The third kappa shape index (κ3) is 2.25. The van der Waals surface area contributed by atoms with Crippen molar-refractivity contribution in [2.24, 2.45) is 18.7 Å². The molecule has 0 aliphatic heterocycles. The van der Waals surface area contributed by atoms with Crippen molar-refractivity contribution in [2.75, 3.05) is 13.6 Å². The number of hydrogen-bond donors (Lipinski definition) is 1. The molecular formula is C11H21N5. The van der Waals surface area contributed by atoms with Crippen molar-refractivity contribution >= 4 is 0 Å². The quantitative estimate of drug-likeness (QED) is 0.779. The molecule has 16 heavy (non-hydrogen) atoms. The number of rotatable bonds is 5. The molecule has 1 unspecified atom stereocenters. The minimum absolute atomic E-state index is 0.497. The maximum atomic E-state index is 5.83. The van der Waals surface area contributed by atoms with Gasteiger partial charge in [0.2, 0.25) is 0 Å². The Bertz CT molecular complexity index is 355. The van der Waals surface area contributed by atoms with Crippen molar-refractivity contribution in [3.8, 4) is 0 Å². The van der Waals surface area contributed by atoms with E-state index in [1.54, 1.807) is 0 Å². The molecule has 5 nitrogen and oxygen atoms in total. The maximum absolute atomic E-state index is 5.83. The molecule has 0 radical (unpaired) electrons. The van der Waals surface area contributed by atoms with Gasteiger partial charge < -0.3 is 10.3 Å². The summed E-state index contributed by atoms with van der Waals surface area (Å²) in [6.07, 6.45) is 2.65. The summed E-state index contributed by atoms with van der Waals surface area (Å²) in [7, 11) is 4.13. The Kier molecular flexibility index (Phi) is 3.25. The minimum Gasteiger partial charge on any atom is -0.329 e. The van der Waals surface area contributed by atoms with Crippen LogP contribution in [0, 0.1) is 12.8 Å². The van der Waals surface area contributed by atoms with E-state index in [9.17, 15) is 0 Å². The lowest BCUT2D eigenvalue weighted by atomic mass is 10.1. The lowest BCUT2D eigenvalue weighted by Crippen LogP contribution is -2.39. The van der Waals surface area contributed by atoms with Gasteiger partial charge in [0.05, 0.1) is 6.54 Å². The van der Waals surface area contributed by atoms with Crippen LogP contribution in [0.25, 0.3) is 0 Å². The van der Waals surface area contributed by atoms with E-state index in [-0.39, 0.29) is 0 Å². The standard InChI is InChI=1S/C11H21N5/c1-8-13-14-11(16(8)3)7-15(2)10(6-12)9-4-5-9/h9-10H,4-7,12H2,1-3H3. The van der Waals surface area contributed by atoms with Crippen LogP contribution in [0.15, 0.2) is 0 Å². The Labute approximate surface area is 96.6 Å². The third-order valence-electron chi connectivity index (χ3n) is 3.55. The monoisotopic (exact) mass is 223 g/mol. The largest absolute Gasteiger partial charge is 0.329 e. The van der Waals surface area contributed by atoms with Crippen molar-refractivity contribution < 1.29 is 0 Å². The second-order valence-corrected chi connectivity index (χ2v) is 4.78. The highest BCUT2D eigenvalue weighted by molar-refractivity contribution is 4.95. The van der Waals surface area contributed by atoms with E-state index in [1.807, 2.05) is 18.5 Å². The number of hydrogen-bond acceptors (Lipinski definition) is 4. The van der Waals surface area contributed by atoms with E-state index in [0.717, 1.165) is 30.7 Å². The molecule has 1 saturated carbocycles. The molecule has 90 valence electrons. The molecule has 0 bridgehead atoms. The van der Waals surface area contributed by atoms with Crippen LogP contribution in [-0.4, -0.2) is 39.3 Å². The molecule has 2 rings (SSSR count). The highest BCUT2D eigenvalue weighted by atomic mass is 15.3. The summed E-state index contributed by atoms with van der Waals surface area (Å²) in [5.41, 5.74) is 5.83. The predicted octanol–water partition coefficient (Wildman–Crippen LogP) is 0.293. The molecule has 0 aromatic carbocycles. The van der Waals surface area contributed by atoms with Gasteiger partial charge in [-0.3, -0.25) is 4.90 Å². The number of likely N-dealkylation sites (N-methyl/N-ethyl adjacent to an activating group) is 1. The fraction of sp³-hybridized carbons (Fsp3) is 0.818. The lowest BCUT2D eigenvalue weighted by molar-refractivity contribution is 0.208. The minimum atomic E-state index is 0.497. The zero-order valence-electron chi connectivity index (χ0n) is 10.3. The van der Waals surface area contributed by atoms with Gasteiger partial charge >= 0.3 is 0 Å². The van der Waals surface area contributed by atoms with Crippen molar-refractivity contribution in [3.05, 3.63) is 11.6 Å². The van der Waals surface area contributed by atoms with Crippen molar-refractivity contribution in [1.82, 2.24) is 19.7 Å². The normalized spacial score (nSPS) is 18.1. The topological polar surface area (TPSA) is 60.0 Å². The van der Waals surface area contributed by atoms with E-state index in [0.29, 0.717) is 6.04 Å². The number of aromatic nitrogens is 3. The van der Waals surface area contributed by atoms with Gasteiger partial charge in [-0.1, -0.05) is 0 Å². The van der Waals surface area contributed by atoms with E-state index in [4.69, 9.17) is 5.73 Å². The Hall–Kier alpha value is -0.940. The summed E-state index contributed by atoms with van der Waals surface area (Å²) in [5.74, 6) is 2.77. The van der Waals surface area contributed by atoms with Crippen molar-refractivity contribution in [1.29, 1.82) is 0 Å². The van der Waals surface area contributed by atoms with E-state index in [2.05, 4.69) is 22.1 Å². The Morgan fingerprint density at radius 1 is 1.50 bits per heavy atom. The first-order chi connectivity index (χ1) is 7.63. The molecule has 1 atom stereocenters. The van der Waals surface area contributed by atoms with Crippen LogP contribution in [0.5, 0.6) is 0 Å². The Morgan fingerprint density at radius 3 is 2.62 bits per heavy atom. The van der Waals surface area contributed by atoms with Gasteiger partial charge in [0, 0.05) is 19.6 Å². The van der Waals surface area contributed by atoms with Gasteiger partial charge in [0.1, 0.15) is 11.6 Å². The summed E-state index contributed by atoms with van der Waals surface area (Å²) in [4.78, 5) is 2.31. The number of nitrogens with two attached hydrogens (primary N) is 1. The molecule has 1 aromatic heterocycles. The van der Waals surface area contributed by atoms with E-state index >= 15 is 0 Å². The second-order valence-electron chi connectivity index (χ2n) is 4.78. The third-order valence-corrected chi connectivity index (χ3v) is 3.55. The van der Waals surface area contributed by atoms with Crippen LogP contribution >= 0.6 is 0 Å². The maximum Gasteiger partial charge on any atom is 0.146 e. The number of nitrogens with zero attached hydrogens (tertiary/aromatic N) is 4. The van der Waals surface area contributed by atoms with Gasteiger partial charge in [0.25, 0.3) is 0 Å². The fourth-order valence-corrected chi connectivity index (χ4v) is 2.14.